The number of para-hydroxylation sites is 1. The first kappa shape index (κ1) is 15.2. The number of aliphatic hydroxyl groups excluding tert-OH is 5. The lowest BCUT2D eigenvalue weighted by Crippen LogP contribution is -2.60. The van der Waals surface area contributed by atoms with Crippen LogP contribution in [0, 0.1) is 0 Å². The molecular formula is C13H18O7. The van der Waals surface area contributed by atoms with Crippen LogP contribution in [-0.2, 0) is 11.3 Å². The van der Waals surface area contributed by atoms with Gasteiger partial charge in [-0.2, -0.15) is 0 Å². The standard InChI is InChI=1S/C13H18O7/c14-5-7-3-1-2-4-8(7)19-12-9(6-15)20-13(18)11(17)10(12)16/h1-4,9-18H,5-6H2/t9-,10-,11-,12-,13-/m1/s1. The largest absolute Gasteiger partial charge is 0.484 e. The third kappa shape index (κ3) is 2.93. The average Bonchev–Trinajstić information content (AvgIpc) is 2.48. The van der Waals surface area contributed by atoms with E-state index in [-0.39, 0.29) is 6.61 Å². The number of hydrogen-bond acceptors (Lipinski definition) is 7. The summed E-state index contributed by atoms with van der Waals surface area (Å²) in [6.07, 6.45) is -6.61. The summed E-state index contributed by atoms with van der Waals surface area (Å²) in [5.41, 5.74) is 0.497. The molecule has 1 aliphatic heterocycles. The molecule has 5 N–H and O–H groups in total. The number of ether oxygens (including phenoxy) is 2. The number of benzene rings is 1. The molecule has 5 atom stereocenters. The van der Waals surface area contributed by atoms with E-state index < -0.39 is 37.3 Å². The Balaban J connectivity index is 2.20. The summed E-state index contributed by atoms with van der Waals surface area (Å²) >= 11 is 0. The smallest absolute Gasteiger partial charge is 0.184 e. The Morgan fingerprint density at radius 1 is 1.05 bits per heavy atom. The van der Waals surface area contributed by atoms with Crippen molar-refractivity contribution in [1.82, 2.24) is 0 Å². The van der Waals surface area contributed by atoms with Gasteiger partial charge < -0.3 is 35.0 Å². The molecule has 112 valence electrons. The molecule has 0 amide bonds. The minimum absolute atomic E-state index is 0.255. The molecule has 1 aromatic carbocycles. The van der Waals surface area contributed by atoms with Gasteiger partial charge in [-0.25, -0.2) is 0 Å². The van der Waals surface area contributed by atoms with Gasteiger partial charge in [0.1, 0.15) is 24.1 Å². The summed E-state index contributed by atoms with van der Waals surface area (Å²) < 4.78 is 10.5. The summed E-state index contributed by atoms with van der Waals surface area (Å²) in [6, 6.07) is 6.63. The van der Waals surface area contributed by atoms with Crippen molar-refractivity contribution in [2.24, 2.45) is 0 Å². The van der Waals surface area contributed by atoms with Crippen molar-refractivity contribution < 1.29 is 35.0 Å². The van der Waals surface area contributed by atoms with Crippen molar-refractivity contribution in [3.63, 3.8) is 0 Å². The highest BCUT2D eigenvalue weighted by Crippen LogP contribution is 2.26. The molecule has 0 aliphatic carbocycles. The maximum absolute atomic E-state index is 9.95. The molecule has 0 spiro atoms. The van der Waals surface area contributed by atoms with Crippen LogP contribution in [0.3, 0.4) is 0 Å². The Morgan fingerprint density at radius 3 is 2.40 bits per heavy atom. The van der Waals surface area contributed by atoms with Gasteiger partial charge in [-0.1, -0.05) is 18.2 Å². The van der Waals surface area contributed by atoms with Crippen LogP contribution >= 0.6 is 0 Å². The number of rotatable bonds is 4. The second kappa shape index (κ2) is 6.49. The SMILES string of the molecule is OCc1ccccc1O[C@H]1[C@H](O)[C@@H](O)[C@H](O)O[C@@H]1CO. The predicted octanol–water partition coefficient (Wildman–Crippen LogP) is -1.64. The molecule has 0 aromatic heterocycles. The van der Waals surface area contributed by atoms with Crippen LogP contribution in [0.15, 0.2) is 24.3 Å². The fourth-order valence-corrected chi connectivity index (χ4v) is 2.11. The molecule has 0 radical (unpaired) electrons. The first-order chi connectivity index (χ1) is 9.58. The van der Waals surface area contributed by atoms with Gasteiger partial charge in [0.2, 0.25) is 0 Å². The van der Waals surface area contributed by atoms with Crippen LogP contribution in [0.1, 0.15) is 5.56 Å². The fourth-order valence-electron chi connectivity index (χ4n) is 2.11. The van der Waals surface area contributed by atoms with E-state index >= 15 is 0 Å². The van der Waals surface area contributed by atoms with Gasteiger partial charge in [-0.3, -0.25) is 0 Å². The van der Waals surface area contributed by atoms with Crippen molar-refractivity contribution in [2.45, 2.75) is 37.3 Å². The zero-order valence-electron chi connectivity index (χ0n) is 10.7. The molecule has 2 rings (SSSR count). The van der Waals surface area contributed by atoms with Crippen LogP contribution < -0.4 is 4.74 Å². The Morgan fingerprint density at radius 2 is 1.75 bits per heavy atom. The van der Waals surface area contributed by atoms with Crippen LogP contribution in [0.5, 0.6) is 5.75 Å². The van der Waals surface area contributed by atoms with E-state index in [2.05, 4.69) is 0 Å². The maximum Gasteiger partial charge on any atom is 0.184 e. The van der Waals surface area contributed by atoms with Gasteiger partial charge >= 0.3 is 0 Å². The number of hydrogen-bond donors (Lipinski definition) is 5. The van der Waals surface area contributed by atoms with Gasteiger partial charge in [-0.05, 0) is 6.07 Å². The topological polar surface area (TPSA) is 120 Å². The summed E-state index contributed by atoms with van der Waals surface area (Å²) in [4.78, 5) is 0. The quantitative estimate of drug-likeness (QED) is 0.450. The second-order valence-electron chi connectivity index (χ2n) is 4.58. The van der Waals surface area contributed by atoms with E-state index in [9.17, 15) is 25.5 Å². The van der Waals surface area contributed by atoms with E-state index in [4.69, 9.17) is 9.47 Å². The van der Waals surface area contributed by atoms with Crippen molar-refractivity contribution in [1.29, 1.82) is 0 Å². The second-order valence-corrected chi connectivity index (χ2v) is 4.58. The summed E-state index contributed by atoms with van der Waals surface area (Å²) in [5.74, 6) is 0.310. The van der Waals surface area contributed by atoms with Gasteiger partial charge in [-0.15, -0.1) is 0 Å². The zero-order chi connectivity index (χ0) is 14.7. The van der Waals surface area contributed by atoms with E-state index in [1.165, 1.54) is 0 Å². The van der Waals surface area contributed by atoms with Gasteiger partial charge in [0.05, 0.1) is 13.2 Å². The van der Waals surface area contributed by atoms with Crippen molar-refractivity contribution in [2.75, 3.05) is 6.61 Å². The summed E-state index contributed by atoms with van der Waals surface area (Å²) in [6.45, 7) is -0.748. The first-order valence-electron chi connectivity index (χ1n) is 6.24. The Labute approximate surface area is 115 Å². The predicted molar refractivity (Wildman–Crippen MR) is 66.8 cm³/mol. The van der Waals surface area contributed by atoms with Crippen LogP contribution in [-0.4, -0.2) is 62.8 Å². The van der Waals surface area contributed by atoms with E-state index in [0.29, 0.717) is 11.3 Å². The molecule has 20 heavy (non-hydrogen) atoms. The Hall–Kier alpha value is -1.22. The Kier molecular flexibility index (Phi) is 4.92. The number of aliphatic hydroxyl groups is 5. The van der Waals surface area contributed by atoms with Gasteiger partial charge in [0.25, 0.3) is 0 Å². The zero-order valence-corrected chi connectivity index (χ0v) is 10.7. The third-order valence-corrected chi connectivity index (χ3v) is 3.25. The highest BCUT2D eigenvalue weighted by atomic mass is 16.7. The third-order valence-electron chi connectivity index (χ3n) is 3.25. The lowest BCUT2D eigenvalue weighted by atomic mass is 9.99. The molecule has 1 fully saturated rings. The fraction of sp³-hybridized carbons (Fsp3) is 0.538. The monoisotopic (exact) mass is 286 g/mol. The Bertz CT molecular complexity index is 436. The molecule has 1 saturated heterocycles. The van der Waals surface area contributed by atoms with Crippen LogP contribution in [0.4, 0.5) is 0 Å². The molecular weight excluding hydrogens is 268 g/mol. The highest BCUT2D eigenvalue weighted by Gasteiger charge is 2.45. The highest BCUT2D eigenvalue weighted by molar-refractivity contribution is 5.33. The normalized spacial score (nSPS) is 34.0. The minimum Gasteiger partial charge on any atom is -0.484 e. The van der Waals surface area contributed by atoms with E-state index in [1.54, 1.807) is 24.3 Å². The summed E-state index contributed by atoms with van der Waals surface area (Å²) in [7, 11) is 0. The van der Waals surface area contributed by atoms with Gasteiger partial charge in [0.15, 0.2) is 12.4 Å². The molecule has 1 aromatic rings. The van der Waals surface area contributed by atoms with Crippen LogP contribution in [0.2, 0.25) is 0 Å². The van der Waals surface area contributed by atoms with Gasteiger partial charge in [0, 0.05) is 5.56 Å². The minimum atomic E-state index is -1.59. The maximum atomic E-state index is 9.95. The molecule has 7 nitrogen and oxygen atoms in total. The van der Waals surface area contributed by atoms with E-state index in [1.807, 2.05) is 0 Å². The molecule has 0 bridgehead atoms. The van der Waals surface area contributed by atoms with Crippen molar-refractivity contribution in [3.05, 3.63) is 29.8 Å². The van der Waals surface area contributed by atoms with Crippen molar-refractivity contribution in [3.8, 4) is 5.75 Å². The molecule has 0 saturated carbocycles. The van der Waals surface area contributed by atoms with E-state index in [0.717, 1.165) is 0 Å². The molecule has 0 unspecified atom stereocenters. The molecule has 7 heteroatoms. The van der Waals surface area contributed by atoms with Crippen molar-refractivity contribution >= 4 is 0 Å². The lowest BCUT2D eigenvalue weighted by molar-refractivity contribution is -0.282. The molecule has 1 heterocycles. The lowest BCUT2D eigenvalue weighted by Gasteiger charge is -2.40. The average molecular weight is 286 g/mol. The summed E-state index contributed by atoms with van der Waals surface area (Å²) in [5, 5.41) is 47.4. The van der Waals surface area contributed by atoms with Crippen LogP contribution in [0.25, 0.3) is 0 Å². The first-order valence-corrected chi connectivity index (χ1v) is 6.24. The molecule has 1 aliphatic rings.